The number of amides is 1. The summed E-state index contributed by atoms with van der Waals surface area (Å²) < 4.78 is 44.3. The molecule has 5 nitrogen and oxygen atoms in total. The number of alkyl halides is 3. The predicted molar refractivity (Wildman–Crippen MR) is 118 cm³/mol. The zero-order valence-electron chi connectivity index (χ0n) is 17.7. The van der Waals surface area contributed by atoms with Gasteiger partial charge in [0.05, 0.1) is 5.56 Å². The van der Waals surface area contributed by atoms with Crippen LogP contribution in [0.3, 0.4) is 0 Å². The van der Waals surface area contributed by atoms with Crippen LogP contribution in [0.2, 0.25) is 0 Å². The van der Waals surface area contributed by atoms with Crippen LogP contribution in [0.4, 0.5) is 24.7 Å². The van der Waals surface area contributed by atoms with E-state index in [9.17, 15) is 18.0 Å². The van der Waals surface area contributed by atoms with Crippen LogP contribution in [-0.2, 0) is 11.0 Å². The summed E-state index contributed by atoms with van der Waals surface area (Å²) in [5, 5.41) is 3.33. The van der Waals surface area contributed by atoms with Gasteiger partial charge in [0, 0.05) is 24.2 Å². The average Bonchev–Trinajstić information content (AvgIpc) is 2.77. The number of benzene rings is 2. The zero-order chi connectivity index (χ0) is 22.7. The van der Waals surface area contributed by atoms with Crippen molar-refractivity contribution in [3.63, 3.8) is 0 Å². The standard InChI is InChI=1S/C24H24F3N3O2/c1-16-10-12-30(13-11-16)21-9-8-17-4-2-7-20(23(17)29-21)32-15-22(31)28-19-6-3-5-18(14-19)24(25,26)27/h2-9,14,16H,10-13,15H2,1H3,(H,28,31). The fraction of sp³-hybridized carbons (Fsp3) is 0.333. The molecule has 8 heteroatoms. The van der Waals surface area contributed by atoms with Crippen molar-refractivity contribution in [1.29, 1.82) is 0 Å². The lowest BCUT2D eigenvalue weighted by atomic mass is 9.99. The highest BCUT2D eigenvalue weighted by atomic mass is 19.4. The van der Waals surface area contributed by atoms with E-state index in [2.05, 4.69) is 17.1 Å². The highest BCUT2D eigenvalue weighted by Gasteiger charge is 2.30. The molecular weight excluding hydrogens is 419 g/mol. The maximum Gasteiger partial charge on any atom is 0.416 e. The van der Waals surface area contributed by atoms with E-state index < -0.39 is 17.6 Å². The van der Waals surface area contributed by atoms with Crippen LogP contribution in [0.15, 0.2) is 54.6 Å². The molecule has 32 heavy (non-hydrogen) atoms. The molecule has 0 atom stereocenters. The Morgan fingerprint density at radius 3 is 2.62 bits per heavy atom. The molecule has 0 unspecified atom stereocenters. The van der Waals surface area contributed by atoms with E-state index >= 15 is 0 Å². The summed E-state index contributed by atoms with van der Waals surface area (Å²) in [6, 6.07) is 13.9. The van der Waals surface area contributed by atoms with Gasteiger partial charge in [0.15, 0.2) is 6.61 Å². The van der Waals surface area contributed by atoms with Crippen molar-refractivity contribution in [1.82, 2.24) is 4.98 Å². The van der Waals surface area contributed by atoms with Crippen molar-refractivity contribution in [3.05, 3.63) is 60.2 Å². The van der Waals surface area contributed by atoms with Crippen molar-refractivity contribution in [2.45, 2.75) is 25.9 Å². The van der Waals surface area contributed by atoms with Crippen molar-refractivity contribution in [3.8, 4) is 5.75 Å². The first-order valence-corrected chi connectivity index (χ1v) is 10.5. The highest BCUT2D eigenvalue weighted by Crippen LogP contribution is 2.31. The van der Waals surface area contributed by atoms with Gasteiger partial charge in [-0.2, -0.15) is 13.2 Å². The number of hydrogen-bond acceptors (Lipinski definition) is 4. The summed E-state index contributed by atoms with van der Waals surface area (Å²) in [6.45, 7) is 3.80. The topological polar surface area (TPSA) is 54.5 Å². The van der Waals surface area contributed by atoms with Crippen molar-refractivity contribution < 1.29 is 22.7 Å². The number of ether oxygens (including phenoxy) is 1. The first kappa shape index (κ1) is 21.9. The first-order chi connectivity index (χ1) is 15.3. The molecule has 1 N–H and O–H groups in total. The van der Waals surface area contributed by atoms with Gasteiger partial charge in [0.2, 0.25) is 0 Å². The monoisotopic (exact) mass is 443 g/mol. The third kappa shape index (κ3) is 5.12. The molecule has 4 rings (SSSR count). The Labute approximate surface area is 184 Å². The van der Waals surface area contributed by atoms with Crippen LogP contribution in [0.1, 0.15) is 25.3 Å². The lowest BCUT2D eigenvalue weighted by Gasteiger charge is -2.31. The fourth-order valence-corrected chi connectivity index (χ4v) is 3.75. The number of aromatic nitrogens is 1. The summed E-state index contributed by atoms with van der Waals surface area (Å²) in [6.07, 6.45) is -2.24. The number of rotatable bonds is 5. The molecule has 1 aliphatic rings. The average molecular weight is 443 g/mol. The molecular formula is C24H24F3N3O2. The molecule has 3 aromatic rings. The van der Waals surface area contributed by atoms with E-state index in [4.69, 9.17) is 9.72 Å². The van der Waals surface area contributed by atoms with Crippen LogP contribution >= 0.6 is 0 Å². The Morgan fingerprint density at radius 2 is 1.88 bits per heavy atom. The predicted octanol–water partition coefficient (Wildman–Crippen LogP) is 5.51. The van der Waals surface area contributed by atoms with Gasteiger partial charge in [-0.05, 0) is 55.2 Å². The number of carbonyl (C=O) groups is 1. The van der Waals surface area contributed by atoms with Gasteiger partial charge >= 0.3 is 6.18 Å². The maximum absolute atomic E-state index is 12.9. The largest absolute Gasteiger partial charge is 0.481 e. The van der Waals surface area contributed by atoms with Crippen molar-refractivity contribution in [2.75, 3.05) is 29.9 Å². The Bertz CT molecular complexity index is 1110. The number of nitrogens with zero attached hydrogens (tertiary/aromatic N) is 2. The van der Waals surface area contributed by atoms with Gasteiger partial charge in [-0.15, -0.1) is 0 Å². The molecule has 0 radical (unpaired) electrons. The number of halogens is 3. The first-order valence-electron chi connectivity index (χ1n) is 10.5. The number of carbonyl (C=O) groups excluding carboxylic acids is 1. The second-order valence-electron chi connectivity index (χ2n) is 8.08. The van der Waals surface area contributed by atoms with E-state index in [0.717, 1.165) is 49.3 Å². The van der Waals surface area contributed by atoms with E-state index in [0.29, 0.717) is 17.2 Å². The third-order valence-corrected chi connectivity index (χ3v) is 5.61. The van der Waals surface area contributed by atoms with Gasteiger partial charge in [-0.1, -0.05) is 25.1 Å². The number of para-hydroxylation sites is 1. The van der Waals surface area contributed by atoms with Crippen LogP contribution in [0, 0.1) is 5.92 Å². The Hall–Kier alpha value is -3.29. The van der Waals surface area contributed by atoms with E-state index in [-0.39, 0.29) is 12.3 Å². The molecule has 2 aromatic carbocycles. The molecule has 1 saturated heterocycles. The summed E-state index contributed by atoms with van der Waals surface area (Å²) in [5.74, 6) is 1.48. The zero-order valence-corrected chi connectivity index (χ0v) is 17.7. The molecule has 2 heterocycles. The minimum absolute atomic E-state index is 0.0612. The van der Waals surface area contributed by atoms with Crippen LogP contribution in [0.5, 0.6) is 5.75 Å². The number of pyridine rings is 1. The number of nitrogens with one attached hydrogen (secondary N) is 1. The van der Waals surface area contributed by atoms with Crippen LogP contribution in [0.25, 0.3) is 10.9 Å². The Kier molecular flexibility index (Phi) is 6.21. The fourth-order valence-electron chi connectivity index (χ4n) is 3.75. The van der Waals surface area contributed by atoms with Gasteiger partial charge in [0.1, 0.15) is 17.1 Å². The molecule has 0 bridgehead atoms. The summed E-state index contributed by atoms with van der Waals surface area (Å²) in [5.41, 5.74) is -0.115. The second-order valence-corrected chi connectivity index (χ2v) is 8.08. The van der Waals surface area contributed by atoms with E-state index in [1.165, 1.54) is 12.1 Å². The number of hydrogen-bond donors (Lipinski definition) is 1. The third-order valence-electron chi connectivity index (χ3n) is 5.61. The lowest BCUT2D eigenvalue weighted by Crippen LogP contribution is -2.33. The lowest BCUT2D eigenvalue weighted by molar-refractivity contribution is -0.137. The van der Waals surface area contributed by atoms with Crippen LogP contribution in [-0.4, -0.2) is 30.6 Å². The smallest absolute Gasteiger partial charge is 0.416 e. The molecule has 0 spiro atoms. The van der Waals surface area contributed by atoms with Gasteiger partial charge in [-0.25, -0.2) is 4.98 Å². The summed E-state index contributed by atoms with van der Waals surface area (Å²) >= 11 is 0. The van der Waals surface area contributed by atoms with Crippen LogP contribution < -0.4 is 15.0 Å². The van der Waals surface area contributed by atoms with Gasteiger partial charge in [0.25, 0.3) is 5.91 Å². The molecule has 0 saturated carbocycles. The number of fused-ring (bicyclic) bond motifs is 1. The summed E-state index contributed by atoms with van der Waals surface area (Å²) in [7, 11) is 0. The minimum Gasteiger partial charge on any atom is -0.481 e. The molecule has 0 aliphatic carbocycles. The maximum atomic E-state index is 12.9. The Morgan fingerprint density at radius 1 is 1.12 bits per heavy atom. The SMILES string of the molecule is CC1CCN(c2ccc3cccc(OCC(=O)Nc4cccc(C(F)(F)F)c4)c3n2)CC1. The molecule has 1 amide bonds. The van der Waals surface area contributed by atoms with Crippen molar-refractivity contribution in [2.24, 2.45) is 5.92 Å². The number of anilines is 2. The van der Waals surface area contributed by atoms with Gasteiger partial charge in [-0.3, -0.25) is 4.79 Å². The minimum atomic E-state index is -4.48. The quantitative estimate of drug-likeness (QED) is 0.565. The van der Waals surface area contributed by atoms with E-state index in [1.54, 1.807) is 6.07 Å². The normalized spacial score (nSPS) is 15.1. The molecule has 168 valence electrons. The van der Waals surface area contributed by atoms with Gasteiger partial charge < -0.3 is 15.0 Å². The molecule has 1 aromatic heterocycles. The van der Waals surface area contributed by atoms with Crippen molar-refractivity contribution >= 4 is 28.3 Å². The second kappa shape index (κ2) is 9.06. The highest BCUT2D eigenvalue weighted by molar-refractivity contribution is 5.92. The Balaban J connectivity index is 1.46. The molecule has 1 aliphatic heterocycles. The molecule has 1 fully saturated rings. The summed E-state index contributed by atoms with van der Waals surface area (Å²) in [4.78, 5) is 19.3. The van der Waals surface area contributed by atoms with E-state index in [1.807, 2.05) is 24.3 Å². The number of piperidine rings is 1.